The number of nitrogens with one attached hydrogen (secondary N) is 2. The number of nitrogens with zero attached hydrogens (tertiary/aromatic N) is 2. The Morgan fingerprint density at radius 1 is 1.21 bits per heavy atom. The van der Waals surface area contributed by atoms with Crippen molar-refractivity contribution in [1.82, 2.24) is 20.8 Å². The lowest BCUT2D eigenvalue weighted by Crippen LogP contribution is -2.53. The van der Waals surface area contributed by atoms with E-state index in [0.717, 1.165) is 32.1 Å². The summed E-state index contributed by atoms with van der Waals surface area (Å²) in [5.41, 5.74) is -0.857. The second kappa shape index (κ2) is 6.91. The molecule has 24 heavy (non-hydrogen) atoms. The zero-order valence-corrected chi connectivity index (χ0v) is 15.2. The molecule has 2 N–H and O–H groups in total. The van der Waals surface area contributed by atoms with E-state index in [1.165, 1.54) is 6.92 Å². The molecule has 0 aromatic carbocycles. The quantitative estimate of drug-likeness (QED) is 0.878. The fraction of sp³-hybridized carbons (Fsp3) is 0.765. The van der Waals surface area contributed by atoms with E-state index in [4.69, 9.17) is 4.52 Å². The monoisotopic (exact) mass is 336 g/mol. The van der Waals surface area contributed by atoms with Crippen LogP contribution in [0, 0.1) is 0 Å². The summed E-state index contributed by atoms with van der Waals surface area (Å²) < 4.78 is 5.53. The van der Waals surface area contributed by atoms with Gasteiger partial charge in [-0.3, -0.25) is 9.59 Å². The van der Waals surface area contributed by atoms with Gasteiger partial charge in [0.15, 0.2) is 5.82 Å². The molecule has 1 heterocycles. The van der Waals surface area contributed by atoms with Crippen LogP contribution < -0.4 is 10.6 Å². The van der Waals surface area contributed by atoms with E-state index >= 15 is 0 Å². The minimum absolute atomic E-state index is 0.217. The lowest BCUT2D eigenvalue weighted by Gasteiger charge is -2.35. The van der Waals surface area contributed by atoms with Crippen molar-refractivity contribution < 1.29 is 14.1 Å². The Balaban J connectivity index is 2.25. The summed E-state index contributed by atoms with van der Waals surface area (Å²) in [6, 6.07) is -0.605. The molecule has 7 nitrogen and oxygen atoms in total. The molecule has 1 saturated carbocycles. The van der Waals surface area contributed by atoms with E-state index in [1.54, 1.807) is 6.92 Å². The maximum Gasteiger partial charge on any atom is 0.252 e. The minimum atomic E-state index is -0.640. The molecule has 2 rings (SSSR count). The molecule has 0 bridgehead atoms. The molecule has 7 heteroatoms. The van der Waals surface area contributed by atoms with Crippen molar-refractivity contribution in [2.75, 3.05) is 0 Å². The van der Waals surface area contributed by atoms with Gasteiger partial charge in [0.2, 0.25) is 11.8 Å². The van der Waals surface area contributed by atoms with Gasteiger partial charge in [-0.15, -0.1) is 0 Å². The van der Waals surface area contributed by atoms with Crippen LogP contribution >= 0.6 is 0 Å². The third kappa shape index (κ3) is 4.13. The average molecular weight is 336 g/mol. The van der Waals surface area contributed by atoms with Crippen LogP contribution in [-0.4, -0.2) is 28.0 Å². The van der Waals surface area contributed by atoms with Crippen LogP contribution in [0.5, 0.6) is 0 Å². The SMILES string of the molecule is CC(=O)NC(C)C(=O)NC1(c2nc(C(C)(C)C)no2)CCCCC1. The Labute approximate surface area is 143 Å². The molecular weight excluding hydrogens is 308 g/mol. The van der Waals surface area contributed by atoms with Gasteiger partial charge in [0.1, 0.15) is 11.6 Å². The fourth-order valence-electron chi connectivity index (χ4n) is 2.98. The molecule has 0 saturated heterocycles. The van der Waals surface area contributed by atoms with Crippen LogP contribution in [0.2, 0.25) is 0 Å². The maximum absolute atomic E-state index is 12.5. The van der Waals surface area contributed by atoms with Gasteiger partial charge in [-0.2, -0.15) is 4.98 Å². The first-order valence-electron chi connectivity index (χ1n) is 8.58. The van der Waals surface area contributed by atoms with Crippen LogP contribution in [0.4, 0.5) is 0 Å². The Morgan fingerprint density at radius 2 is 1.83 bits per heavy atom. The lowest BCUT2D eigenvalue weighted by atomic mass is 9.81. The maximum atomic E-state index is 12.5. The molecule has 0 spiro atoms. The van der Waals surface area contributed by atoms with E-state index < -0.39 is 11.6 Å². The molecule has 1 aromatic rings. The van der Waals surface area contributed by atoms with Crippen LogP contribution in [0.1, 0.15) is 78.4 Å². The number of amides is 2. The third-order valence-electron chi connectivity index (χ3n) is 4.39. The van der Waals surface area contributed by atoms with Crippen LogP contribution in [-0.2, 0) is 20.5 Å². The number of carbonyl (C=O) groups excluding carboxylic acids is 2. The molecule has 2 amide bonds. The normalized spacial score (nSPS) is 18.7. The summed E-state index contributed by atoms with van der Waals surface area (Å²) in [6.07, 6.45) is 4.62. The van der Waals surface area contributed by atoms with Crippen LogP contribution in [0.3, 0.4) is 0 Å². The fourth-order valence-corrected chi connectivity index (χ4v) is 2.98. The van der Waals surface area contributed by atoms with E-state index in [2.05, 4.69) is 20.8 Å². The molecule has 0 radical (unpaired) electrons. The largest absolute Gasteiger partial charge is 0.345 e. The Hall–Kier alpha value is -1.92. The smallest absolute Gasteiger partial charge is 0.252 e. The van der Waals surface area contributed by atoms with Gasteiger partial charge >= 0.3 is 0 Å². The van der Waals surface area contributed by atoms with Gasteiger partial charge in [-0.1, -0.05) is 45.2 Å². The molecule has 1 aliphatic carbocycles. The van der Waals surface area contributed by atoms with Gasteiger partial charge < -0.3 is 15.2 Å². The molecular formula is C17H28N4O3. The summed E-state index contributed by atoms with van der Waals surface area (Å²) in [5, 5.41) is 9.78. The van der Waals surface area contributed by atoms with Gasteiger partial charge in [0.05, 0.1) is 0 Å². The summed E-state index contributed by atoms with van der Waals surface area (Å²) >= 11 is 0. The second-order valence-corrected chi connectivity index (χ2v) is 7.73. The highest BCUT2D eigenvalue weighted by Crippen LogP contribution is 2.37. The molecule has 1 unspecified atom stereocenters. The summed E-state index contributed by atoms with van der Waals surface area (Å²) in [5.74, 6) is 0.632. The van der Waals surface area contributed by atoms with Crippen LogP contribution in [0.25, 0.3) is 0 Å². The molecule has 1 fully saturated rings. The zero-order valence-electron chi connectivity index (χ0n) is 15.2. The van der Waals surface area contributed by atoms with Crippen molar-refractivity contribution in [3.63, 3.8) is 0 Å². The average Bonchev–Trinajstić information content (AvgIpc) is 2.98. The molecule has 1 atom stereocenters. The van der Waals surface area contributed by atoms with Crippen molar-refractivity contribution in [3.05, 3.63) is 11.7 Å². The Kier molecular flexibility index (Phi) is 5.30. The standard InChI is InChI=1S/C17H28N4O3/c1-11(18-12(2)22)13(23)20-17(9-7-6-8-10-17)15-19-14(21-24-15)16(3,4)5/h11H,6-10H2,1-5H3,(H,18,22)(H,20,23). The zero-order chi connectivity index (χ0) is 18.0. The highest BCUT2D eigenvalue weighted by Gasteiger charge is 2.42. The third-order valence-corrected chi connectivity index (χ3v) is 4.39. The summed E-state index contributed by atoms with van der Waals surface area (Å²) in [4.78, 5) is 28.3. The predicted octanol–water partition coefficient (Wildman–Crippen LogP) is 2.17. The Morgan fingerprint density at radius 3 is 2.33 bits per heavy atom. The second-order valence-electron chi connectivity index (χ2n) is 7.73. The number of rotatable bonds is 4. The molecule has 0 aliphatic heterocycles. The van der Waals surface area contributed by atoms with Gasteiger partial charge in [-0.25, -0.2) is 0 Å². The van der Waals surface area contributed by atoms with E-state index in [0.29, 0.717) is 11.7 Å². The number of carbonyl (C=O) groups is 2. The number of hydrogen-bond donors (Lipinski definition) is 2. The van der Waals surface area contributed by atoms with Crippen LogP contribution in [0.15, 0.2) is 4.52 Å². The Bertz CT molecular complexity index is 597. The summed E-state index contributed by atoms with van der Waals surface area (Å²) in [6.45, 7) is 9.13. The van der Waals surface area contributed by atoms with Crippen molar-refractivity contribution in [1.29, 1.82) is 0 Å². The van der Waals surface area contributed by atoms with Crippen molar-refractivity contribution in [3.8, 4) is 0 Å². The van der Waals surface area contributed by atoms with Crippen molar-refractivity contribution in [2.24, 2.45) is 0 Å². The molecule has 134 valence electrons. The van der Waals surface area contributed by atoms with Crippen molar-refractivity contribution >= 4 is 11.8 Å². The van der Waals surface area contributed by atoms with E-state index in [9.17, 15) is 9.59 Å². The number of aromatic nitrogens is 2. The molecule has 1 aliphatic rings. The van der Waals surface area contributed by atoms with E-state index in [1.807, 2.05) is 20.8 Å². The molecule has 1 aromatic heterocycles. The van der Waals surface area contributed by atoms with Crippen molar-refractivity contribution in [2.45, 2.75) is 83.7 Å². The number of hydrogen-bond acceptors (Lipinski definition) is 5. The predicted molar refractivity (Wildman–Crippen MR) is 89.2 cm³/mol. The minimum Gasteiger partial charge on any atom is -0.345 e. The van der Waals surface area contributed by atoms with E-state index in [-0.39, 0.29) is 17.2 Å². The first-order chi connectivity index (χ1) is 11.1. The summed E-state index contributed by atoms with van der Waals surface area (Å²) in [7, 11) is 0. The topological polar surface area (TPSA) is 97.1 Å². The first kappa shape index (κ1) is 18.4. The first-order valence-corrected chi connectivity index (χ1v) is 8.58. The van der Waals surface area contributed by atoms with Gasteiger partial charge in [0, 0.05) is 12.3 Å². The van der Waals surface area contributed by atoms with Gasteiger partial charge in [0.25, 0.3) is 5.89 Å². The highest BCUT2D eigenvalue weighted by atomic mass is 16.5. The van der Waals surface area contributed by atoms with Gasteiger partial charge in [-0.05, 0) is 19.8 Å². The highest BCUT2D eigenvalue weighted by molar-refractivity contribution is 5.86. The lowest BCUT2D eigenvalue weighted by molar-refractivity contribution is -0.129.